The van der Waals surface area contributed by atoms with Crippen LogP contribution in [0.5, 0.6) is 0 Å². The summed E-state index contributed by atoms with van der Waals surface area (Å²) in [5, 5.41) is 4.02. The Kier molecular flexibility index (Phi) is 5.78. The Morgan fingerprint density at radius 2 is 1.96 bits per heavy atom. The van der Waals surface area contributed by atoms with Crippen LogP contribution in [0.3, 0.4) is 0 Å². The molecule has 1 aromatic carbocycles. The van der Waals surface area contributed by atoms with Gasteiger partial charge in [0.25, 0.3) is 0 Å². The second-order valence-corrected chi connectivity index (χ2v) is 7.73. The highest BCUT2D eigenvalue weighted by molar-refractivity contribution is 7.15. The van der Waals surface area contributed by atoms with Gasteiger partial charge < -0.3 is 11.1 Å². The predicted octanol–water partition coefficient (Wildman–Crippen LogP) is 4.12. The topological polar surface area (TPSA) is 68.0 Å². The summed E-state index contributed by atoms with van der Waals surface area (Å²) in [4.78, 5) is 18.2. The molecule has 2 aromatic rings. The zero-order valence-corrected chi connectivity index (χ0v) is 16.0. The molecule has 3 N–H and O–H groups in total. The molecule has 2 atom stereocenters. The molecule has 0 aliphatic rings. The number of benzene rings is 1. The highest BCUT2D eigenvalue weighted by Crippen LogP contribution is 2.32. The van der Waals surface area contributed by atoms with Gasteiger partial charge in [0.05, 0.1) is 22.2 Å². The van der Waals surface area contributed by atoms with Gasteiger partial charge in [0, 0.05) is 5.56 Å². The number of aryl methyl sites for hydroxylation is 2. The lowest BCUT2D eigenvalue weighted by atomic mass is 9.96. The molecule has 1 aromatic heterocycles. The summed E-state index contributed by atoms with van der Waals surface area (Å²) >= 11 is 1.63. The molecule has 24 heavy (non-hydrogen) atoms. The summed E-state index contributed by atoms with van der Waals surface area (Å²) in [5.74, 6) is -0.110. The molecular weight excluding hydrogens is 318 g/mol. The van der Waals surface area contributed by atoms with E-state index in [1.54, 1.807) is 18.3 Å². The van der Waals surface area contributed by atoms with Gasteiger partial charge in [0.2, 0.25) is 5.91 Å². The SMILES string of the molecule is CCCC(C)(N)C(=O)NC(C)c1sc(-c2ccc(C)cc2)nc1C. The van der Waals surface area contributed by atoms with E-state index in [1.807, 2.05) is 20.8 Å². The third-order valence-electron chi connectivity index (χ3n) is 4.16. The molecule has 0 saturated carbocycles. The van der Waals surface area contributed by atoms with Crippen LogP contribution >= 0.6 is 11.3 Å². The monoisotopic (exact) mass is 345 g/mol. The van der Waals surface area contributed by atoms with E-state index in [1.165, 1.54) is 5.56 Å². The Labute approximate surface area is 148 Å². The minimum Gasteiger partial charge on any atom is -0.347 e. The molecule has 0 saturated heterocycles. The van der Waals surface area contributed by atoms with Gasteiger partial charge in [-0.1, -0.05) is 43.2 Å². The number of hydrogen-bond donors (Lipinski definition) is 2. The maximum atomic E-state index is 12.4. The first-order valence-electron chi connectivity index (χ1n) is 8.38. The van der Waals surface area contributed by atoms with Crippen molar-refractivity contribution in [3.63, 3.8) is 0 Å². The van der Waals surface area contributed by atoms with Gasteiger partial charge in [-0.2, -0.15) is 0 Å². The number of hydrogen-bond acceptors (Lipinski definition) is 4. The summed E-state index contributed by atoms with van der Waals surface area (Å²) in [6.07, 6.45) is 1.55. The lowest BCUT2D eigenvalue weighted by Crippen LogP contribution is -2.51. The average Bonchev–Trinajstić information content (AvgIpc) is 2.90. The van der Waals surface area contributed by atoms with Crippen LogP contribution in [0.4, 0.5) is 0 Å². The molecule has 0 aliphatic carbocycles. The molecule has 0 bridgehead atoms. The van der Waals surface area contributed by atoms with Crippen molar-refractivity contribution in [1.29, 1.82) is 0 Å². The average molecular weight is 346 g/mol. The fourth-order valence-electron chi connectivity index (χ4n) is 2.69. The first kappa shape index (κ1) is 18.6. The molecule has 0 radical (unpaired) electrons. The first-order valence-corrected chi connectivity index (χ1v) is 9.20. The molecule has 130 valence electrons. The number of carbonyl (C=O) groups is 1. The number of thiazole rings is 1. The Bertz CT molecular complexity index is 704. The fourth-order valence-corrected chi connectivity index (χ4v) is 3.76. The van der Waals surface area contributed by atoms with E-state index in [0.29, 0.717) is 6.42 Å². The van der Waals surface area contributed by atoms with E-state index in [2.05, 4.69) is 41.5 Å². The third kappa shape index (κ3) is 4.22. The van der Waals surface area contributed by atoms with Crippen LogP contribution < -0.4 is 11.1 Å². The van der Waals surface area contributed by atoms with Crippen molar-refractivity contribution in [2.45, 2.75) is 59.0 Å². The van der Waals surface area contributed by atoms with Gasteiger partial charge in [-0.05, 0) is 34.1 Å². The molecule has 1 amide bonds. The van der Waals surface area contributed by atoms with E-state index in [4.69, 9.17) is 5.73 Å². The summed E-state index contributed by atoms with van der Waals surface area (Å²) in [5.41, 5.74) is 8.58. The number of nitrogens with two attached hydrogens (primary N) is 1. The summed E-state index contributed by atoms with van der Waals surface area (Å²) < 4.78 is 0. The van der Waals surface area contributed by atoms with Crippen molar-refractivity contribution in [3.05, 3.63) is 40.4 Å². The highest BCUT2D eigenvalue weighted by Gasteiger charge is 2.29. The number of nitrogens with one attached hydrogen (secondary N) is 1. The second-order valence-electron chi connectivity index (χ2n) is 6.70. The Morgan fingerprint density at radius 1 is 1.33 bits per heavy atom. The molecule has 0 fully saturated rings. The molecule has 5 heteroatoms. The van der Waals surface area contributed by atoms with Gasteiger partial charge >= 0.3 is 0 Å². The van der Waals surface area contributed by atoms with Crippen LogP contribution in [-0.2, 0) is 4.79 Å². The molecule has 1 heterocycles. The molecule has 2 unspecified atom stereocenters. The second kappa shape index (κ2) is 7.45. The van der Waals surface area contributed by atoms with Crippen LogP contribution in [0.15, 0.2) is 24.3 Å². The zero-order chi connectivity index (χ0) is 17.9. The molecule has 0 aliphatic heterocycles. The number of rotatable bonds is 6. The molecule has 2 rings (SSSR count). The van der Waals surface area contributed by atoms with Crippen molar-refractivity contribution in [1.82, 2.24) is 10.3 Å². The normalized spacial score (nSPS) is 14.9. The Morgan fingerprint density at radius 3 is 2.54 bits per heavy atom. The molecule has 0 spiro atoms. The number of nitrogens with zero attached hydrogens (tertiary/aromatic N) is 1. The largest absolute Gasteiger partial charge is 0.347 e. The van der Waals surface area contributed by atoms with Crippen molar-refractivity contribution in [2.24, 2.45) is 5.73 Å². The van der Waals surface area contributed by atoms with Crippen molar-refractivity contribution in [3.8, 4) is 10.6 Å². The number of amides is 1. The van der Waals surface area contributed by atoms with Crippen LogP contribution in [0.2, 0.25) is 0 Å². The van der Waals surface area contributed by atoms with Gasteiger partial charge in [-0.25, -0.2) is 4.98 Å². The smallest absolute Gasteiger partial charge is 0.240 e. The van der Waals surface area contributed by atoms with Crippen LogP contribution in [0, 0.1) is 13.8 Å². The van der Waals surface area contributed by atoms with E-state index >= 15 is 0 Å². The summed E-state index contributed by atoms with van der Waals surface area (Å²) in [6, 6.07) is 8.23. The zero-order valence-electron chi connectivity index (χ0n) is 15.1. The maximum Gasteiger partial charge on any atom is 0.240 e. The first-order chi connectivity index (χ1) is 11.2. The maximum absolute atomic E-state index is 12.4. The highest BCUT2D eigenvalue weighted by atomic mass is 32.1. The summed E-state index contributed by atoms with van der Waals surface area (Å²) in [6.45, 7) is 9.86. The number of aromatic nitrogens is 1. The quantitative estimate of drug-likeness (QED) is 0.827. The predicted molar refractivity (Wildman–Crippen MR) is 101 cm³/mol. The summed E-state index contributed by atoms with van der Waals surface area (Å²) in [7, 11) is 0. The Hall–Kier alpha value is -1.72. The van der Waals surface area contributed by atoms with Crippen LogP contribution in [0.25, 0.3) is 10.6 Å². The van der Waals surface area contributed by atoms with E-state index in [-0.39, 0.29) is 11.9 Å². The number of carbonyl (C=O) groups excluding carboxylic acids is 1. The lowest BCUT2D eigenvalue weighted by Gasteiger charge is -2.25. The minimum atomic E-state index is -0.832. The lowest BCUT2D eigenvalue weighted by molar-refractivity contribution is -0.126. The molecule has 4 nitrogen and oxygen atoms in total. The van der Waals surface area contributed by atoms with Crippen molar-refractivity contribution in [2.75, 3.05) is 0 Å². The van der Waals surface area contributed by atoms with E-state index < -0.39 is 5.54 Å². The van der Waals surface area contributed by atoms with E-state index in [9.17, 15) is 4.79 Å². The van der Waals surface area contributed by atoms with Crippen molar-refractivity contribution >= 4 is 17.2 Å². The standard InChI is InChI=1S/C19H27N3OS/c1-6-11-19(5,20)18(23)22-14(4)16-13(3)21-17(24-16)15-9-7-12(2)8-10-15/h7-10,14H,6,11,20H2,1-5H3,(H,22,23). The van der Waals surface area contributed by atoms with Crippen LogP contribution in [-0.4, -0.2) is 16.4 Å². The van der Waals surface area contributed by atoms with E-state index in [0.717, 1.165) is 27.6 Å². The third-order valence-corrected chi connectivity index (χ3v) is 5.55. The van der Waals surface area contributed by atoms with Crippen molar-refractivity contribution < 1.29 is 4.79 Å². The van der Waals surface area contributed by atoms with Gasteiger partial charge in [0.15, 0.2) is 0 Å². The molecular formula is C19H27N3OS. The van der Waals surface area contributed by atoms with Crippen LogP contribution in [0.1, 0.15) is 55.8 Å². The fraction of sp³-hybridized carbons (Fsp3) is 0.474. The van der Waals surface area contributed by atoms with Gasteiger partial charge in [0.1, 0.15) is 5.01 Å². The van der Waals surface area contributed by atoms with Gasteiger partial charge in [-0.15, -0.1) is 11.3 Å². The minimum absolute atomic E-state index is 0.103. The Balaban J connectivity index is 2.17. The van der Waals surface area contributed by atoms with Gasteiger partial charge in [-0.3, -0.25) is 4.79 Å².